The van der Waals surface area contributed by atoms with Crippen LogP contribution in [0.2, 0.25) is 0 Å². The lowest BCUT2D eigenvalue weighted by atomic mass is 10.1. The number of rotatable bonds is 6. The van der Waals surface area contributed by atoms with Crippen LogP contribution in [0.25, 0.3) is 0 Å². The minimum Gasteiger partial charge on any atom is -0.380 e. The van der Waals surface area contributed by atoms with Gasteiger partial charge >= 0.3 is 0 Å². The molecule has 0 aromatic heterocycles. The lowest BCUT2D eigenvalue weighted by Gasteiger charge is -2.18. The third-order valence-electron chi connectivity index (χ3n) is 2.59. The molecule has 0 fully saturated rings. The standard InChI is InChI=1S/C13H20N2O2/c1-14-8-9-15(2)13(16)12-7-5-4-6-11(12)10-17-3/h4-7,14H,8-10H2,1-3H3. The number of nitrogens with zero attached hydrogens (tertiary/aromatic N) is 1. The van der Waals surface area contributed by atoms with Gasteiger partial charge in [-0.2, -0.15) is 0 Å². The van der Waals surface area contributed by atoms with Crippen molar-refractivity contribution in [2.75, 3.05) is 34.3 Å². The van der Waals surface area contributed by atoms with Crippen molar-refractivity contribution in [3.8, 4) is 0 Å². The summed E-state index contributed by atoms with van der Waals surface area (Å²) in [6.45, 7) is 1.94. The van der Waals surface area contributed by atoms with Crippen molar-refractivity contribution in [2.45, 2.75) is 6.61 Å². The Labute approximate surface area is 103 Å². The highest BCUT2D eigenvalue weighted by molar-refractivity contribution is 5.95. The summed E-state index contributed by atoms with van der Waals surface area (Å²) in [6.07, 6.45) is 0. The van der Waals surface area contributed by atoms with E-state index in [0.717, 1.165) is 12.1 Å². The van der Waals surface area contributed by atoms with Gasteiger partial charge in [0.25, 0.3) is 5.91 Å². The van der Waals surface area contributed by atoms with Crippen LogP contribution in [0.1, 0.15) is 15.9 Å². The number of likely N-dealkylation sites (N-methyl/N-ethyl adjacent to an activating group) is 2. The topological polar surface area (TPSA) is 41.6 Å². The highest BCUT2D eigenvalue weighted by Crippen LogP contribution is 2.12. The maximum Gasteiger partial charge on any atom is 0.254 e. The Kier molecular flexibility index (Phi) is 5.66. The van der Waals surface area contributed by atoms with E-state index in [1.165, 1.54) is 0 Å². The Bertz CT molecular complexity index is 366. The molecule has 0 aliphatic rings. The highest BCUT2D eigenvalue weighted by atomic mass is 16.5. The average Bonchev–Trinajstić information content (AvgIpc) is 2.36. The SMILES string of the molecule is CNCCN(C)C(=O)c1ccccc1COC. The molecule has 4 heteroatoms. The minimum absolute atomic E-state index is 0.0351. The van der Waals surface area contributed by atoms with Crippen LogP contribution in [-0.4, -0.2) is 45.1 Å². The van der Waals surface area contributed by atoms with Gasteiger partial charge in [0.1, 0.15) is 0 Å². The van der Waals surface area contributed by atoms with Gasteiger partial charge in [-0.15, -0.1) is 0 Å². The third-order valence-corrected chi connectivity index (χ3v) is 2.59. The van der Waals surface area contributed by atoms with Crippen molar-refractivity contribution in [2.24, 2.45) is 0 Å². The summed E-state index contributed by atoms with van der Waals surface area (Å²) >= 11 is 0. The van der Waals surface area contributed by atoms with Crippen molar-refractivity contribution in [3.05, 3.63) is 35.4 Å². The number of methoxy groups -OCH3 is 1. The van der Waals surface area contributed by atoms with Gasteiger partial charge < -0.3 is 15.0 Å². The van der Waals surface area contributed by atoms with Gasteiger partial charge in [-0.1, -0.05) is 18.2 Å². The van der Waals surface area contributed by atoms with Crippen molar-refractivity contribution >= 4 is 5.91 Å². The molecule has 0 radical (unpaired) electrons. The Morgan fingerprint density at radius 2 is 2.12 bits per heavy atom. The lowest BCUT2D eigenvalue weighted by Crippen LogP contribution is -2.33. The summed E-state index contributed by atoms with van der Waals surface area (Å²) in [4.78, 5) is 13.9. The molecule has 0 aliphatic heterocycles. The molecule has 17 heavy (non-hydrogen) atoms. The zero-order chi connectivity index (χ0) is 12.7. The Balaban J connectivity index is 2.80. The first-order chi connectivity index (χ1) is 8.20. The number of ether oxygens (including phenoxy) is 1. The zero-order valence-corrected chi connectivity index (χ0v) is 10.7. The molecule has 1 aromatic rings. The number of hydrogen-bond acceptors (Lipinski definition) is 3. The summed E-state index contributed by atoms with van der Waals surface area (Å²) in [5.74, 6) is 0.0351. The van der Waals surface area contributed by atoms with Gasteiger partial charge in [-0.3, -0.25) is 4.79 Å². The summed E-state index contributed by atoms with van der Waals surface area (Å²) in [7, 11) is 5.31. The van der Waals surface area contributed by atoms with Crippen LogP contribution in [0.3, 0.4) is 0 Å². The zero-order valence-electron chi connectivity index (χ0n) is 10.7. The largest absolute Gasteiger partial charge is 0.380 e. The van der Waals surface area contributed by atoms with Gasteiger partial charge in [0.2, 0.25) is 0 Å². The summed E-state index contributed by atoms with van der Waals surface area (Å²) in [6, 6.07) is 7.55. The number of carbonyl (C=O) groups excluding carboxylic acids is 1. The fourth-order valence-electron chi connectivity index (χ4n) is 1.60. The van der Waals surface area contributed by atoms with Crippen molar-refractivity contribution in [3.63, 3.8) is 0 Å². The smallest absolute Gasteiger partial charge is 0.254 e. The molecular weight excluding hydrogens is 216 g/mol. The normalized spacial score (nSPS) is 10.3. The van der Waals surface area contributed by atoms with E-state index in [1.807, 2.05) is 38.4 Å². The second-order valence-corrected chi connectivity index (χ2v) is 3.92. The van der Waals surface area contributed by atoms with E-state index in [1.54, 1.807) is 12.0 Å². The van der Waals surface area contributed by atoms with Gasteiger partial charge in [-0.05, 0) is 18.7 Å². The maximum absolute atomic E-state index is 12.2. The second kappa shape index (κ2) is 7.04. The quantitative estimate of drug-likeness (QED) is 0.805. The molecule has 1 amide bonds. The molecule has 0 bridgehead atoms. The first-order valence-corrected chi connectivity index (χ1v) is 5.67. The Hall–Kier alpha value is -1.39. The summed E-state index contributed by atoms with van der Waals surface area (Å²) in [5.41, 5.74) is 1.64. The molecule has 0 atom stereocenters. The monoisotopic (exact) mass is 236 g/mol. The molecule has 0 spiro atoms. The van der Waals surface area contributed by atoms with Crippen molar-refractivity contribution in [1.29, 1.82) is 0 Å². The van der Waals surface area contributed by atoms with E-state index in [4.69, 9.17) is 4.74 Å². The number of hydrogen-bond donors (Lipinski definition) is 1. The molecule has 0 aliphatic carbocycles. The molecule has 1 rings (SSSR count). The number of amides is 1. The van der Waals surface area contributed by atoms with Gasteiger partial charge in [0.05, 0.1) is 6.61 Å². The van der Waals surface area contributed by atoms with Crippen LogP contribution >= 0.6 is 0 Å². The number of nitrogens with one attached hydrogen (secondary N) is 1. The average molecular weight is 236 g/mol. The number of benzene rings is 1. The van der Waals surface area contributed by atoms with E-state index in [-0.39, 0.29) is 5.91 Å². The summed E-state index contributed by atoms with van der Waals surface area (Å²) < 4.78 is 5.10. The van der Waals surface area contributed by atoms with Gasteiger partial charge in [0.15, 0.2) is 0 Å². The molecule has 94 valence electrons. The predicted molar refractivity (Wildman–Crippen MR) is 68.0 cm³/mol. The van der Waals surface area contributed by atoms with Crippen LogP contribution < -0.4 is 5.32 Å². The van der Waals surface area contributed by atoms with Gasteiger partial charge in [0, 0.05) is 32.8 Å². The number of carbonyl (C=O) groups is 1. The molecule has 0 saturated carbocycles. The Morgan fingerprint density at radius 1 is 1.41 bits per heavy atom. The molecule has 1 N–H and O–H groups in total. The van der Waals surface area contributed by atoms with Crippen LogP contribution in [0.4, 0.5) is 0 Å². The fraction of sp³-hybridized carbons (Fsp3) is 0.462. The molecule has 1 aromatic carbocycles. The maximum atomic E-state index is 12.2. The fourth-order valence-corrected chi connectivity index (χ4v) is 1.60. The highest BCUT2D eigenvalue weighted by Gasteiger charge is 2.14. The van der Waals surface area contributed by atoms with Gasteiger partial charge in [-0.25, -0.2) is 0 Å². The second-order valence-electron chi connectivity index (χ2n) is 3.92. The molecule has 0 unspecified atom stereocenters. The summed E-state index contributed by atoms with van der Waals surface area (Å²) in [5, 5.41) is 3.03. The Morgan fingerprint density at radius 3 is 2.76 bits per heavy atom. The lowest BCUT2D eigenvalue weighted by molar-refractivity contribution is 0.0792. The first-order valence-electron chi connectivity index (χ1n) is 5.67. The van der Waals surface area contributed by atoms with E-state index in [9.17, 15) is 4.79 Å². The predicted octanol–water partition coefficient (Wildman–Crippen LogP) is 1.12. The van der Waals surface area contributed by atoms with E-state index >= 15 is 0 Å². The van der Waals surface area contributed by atoms with Crippen LogP contribution in [0, 0.1) is 0 Å². The third kappa shape index (κ3) is 3.84. The minimum atomic E-state index is 0.0351. The molecule has 4 nitrogen and oxygen atoms in total. The van der Waals surface area contributed by atoms with Crippen LogP contribution in [0.15, 0.2) is 24.3 Å². The molecule has 0 saturated heterocycles. The van der Waals surface area contributed by atoms with E-state index in [2.05, 4.69) is 5.32 Å². The van der Waals surface area contributed by atoms with Crippen molar-refractivity contribution < 1.29 is 9.53 Å². The molecular formula is C13H20N2O2. The van der Waals surface area contributed by atoms with Crippen LogP contribution in [0.5, 0.6) is 0 Å². The van der Waals surface area contributed by atoms with E-state index < -0.39 is 0 Å². The van der Waals surface area contributed by atoms with E-state index in [0.29, 0.717) is 18.7 Å². The van der Waals surface area contributed by atoms with Crippen molar-refractivity contribution in [1.82, 2.24) is 10.2 Å². The van der Waals surface area contributed by atoms with Crippen LogP contribution in [-0.2, 0) is 11.3 Å². The first kappa shape index (κ1) is 13.7. The molecule has 0 heterocycles.